The molecular formula is C20H21F2N3O3. The highest BCUT2D eigenvalue weighted by molar-refractivity contribution is 6.02. The number of halogens is 2. The molecule has 6 nitrogen and oxygen atoms in total. The number of rotatable bonds is 3. The third-order valence-electron chi connectivity index (χ3n) is 5.51. The van der Waals surface area contributed by atoms with E-state index in [1.165, 1.54) is 18.2 Å². The van der Waals surface area contributed by atoms with Crippen LogP contribution in [0.2, 0.25) is 0 Å². The molecular weight excluding hydrogens is 368 g/mol. The first kappa shape index (κ1) is 18.6. The van der Waals surface area contributed by atoms with Gasteiger partial charge in [0.25, 0.3) is 12.0 Å². The van der Waals surface area contributed by atoms with Crippen molar-refractivity contribution in [3.63, 3.8) is 0 Å². The van der Waals surface area contributed by atoms with E-state index in [9.17, 15) is 18.4 Å². The highest BCUT2D eigenvalue weighted by Crippen LogP contribution is 2.33. The Balaban J connectivity index is 2.02. The first-order valence-corrected chi connectivity index (χ1v) is 9.34. The van der Waals surface area contributed by atoms with Crippen LogP contribution in [0.5, 0.6) is 0 Å². The molecule has 0 N–H and O–H groups in total. The van der Waals surface area contributed by atoms with Gasteiger partial charge in [0.1, 0.15) is 16.9 Å². The summed E-state index contributed by atoms with van der Waals surface area (Å²) in [7, 11) is 1.69. The smallest absolute Gasteiger partial charge is 0.297 e. The van der Waals surface area contributed by atoms with Crippen molar-refractivity contribution in [1.82, 2.24) is 14.5 Å². The van der Waals surface area contributed by atoms with Gasteiger partial charge in [-0.3, -0.25) is 14.2 Å². The molecule has 0 radical (unpaired) electrons. The summed E-state index contributed by atoms with van der Waals surface area (Å²) in [6, 6.07) is 3.74. The van der Waals surface area contributed by atoms with Crippen molar-refractivity contribution < 1.29 is 18.0 Å². The summed E-state index contributed by atoms with van der Waals surface area (Å²) in [5.74, 6) is 0.0705. The van der Waals surface area contributed by atoms with E-state index in [1.54, 1.807) is 16.5 Å². The molecule has 0 bridgehead atoms. The van der Waals surface area contributed by atoms with Gasteiger partial charge < -0.3 is 9.32 Å². The number of alkyl halides is 2. The topological polar surface area (TPSA) is 68.3 Å². The fourth-order valence-corrected chi connectivity index (χ4v) is 4.06. The van der Waals surface area contributed by atoms with Crippen LogP contribution < -0.4 is 5.56 Å². The summed E-state index contributed by atoms with van der Waals surface area (Å²) >= 11 is 0. The molecule has 2 aromatic heterocycles. The van der Waals surface area contributed by atoms with E-state index < -0.39 is 6.43 Å². The van der Waals surface area contributed by atoms with Crippen LogP contribution in [-0.4, -0.2) is 27.4 Å². The number of amides is 1. The standard InChI is InChI=1S/C20H21F2N3O3/c1-4-5-13-10(2)19(26)24(3)9-15-23-16-12-7-6-11(18(21)22)8-14(12)28-17(16)20(27)25(13)15/h6-8,10,13,18H,4-5,9H2,1-3H3/t10-,13+/m0/s1. The number of hydrogen-bond donors (Lipinski definition) is 0. The highest BCUT2D eigenvalue weighted by atomic mass is 19.3. The van der Waals surface area contributed by atoms with Gasteiger partial charge in [0.2, 0.25) is 11.5 Å². The van der Waals surface area contributed by atoms with E-state index in [-0.39, 0.29) is 46.7 Å². The molecule has 1 amide bonds. The van der Waals surface area contributed by atoms with Crippen LogP contribution in [0.1, 0.15) is 50.5 Å². The minimum atomic E-state index is -2.63. The summed E-state index contributed by atoms with van der Waals surface area (Å²) in [5, 5.41) is 0.512. The summed E-state index contributed by atoms with van der Waals surface area (Å²) in [4.78, 5) is 32.2. The van der Waals surface area contributed by atoms with Crippen LogP contribution >= 0.6 is 0 Å². The van der Waals surface area contributed by atoms with Crippen molar-refractivity contribution in [1.29, 1.82) is 0 Å². The van der Waals surface area contributed by atoms with Crippen LogP contribution in [0, 0.1) is 5.92 Å². The first-order chi connectivity index (χ1) is 13.3. The molecule has 0 saturated heterocycles. The first-order valence-electron chi connectivity index (χ1n) is 9.34. The van der Waals surface area contributed by atoms with Crippen molar-refractivity contribution in [3.8, 4) is 0 Å². The number of fused-ring (bicyclic) bond motifs is 4. The zero-order valence-corrected chi connectivity index (χ0v) is 15.9. The normalized spacial score (nSPS) is 20.2. The lowest BCUT2D eigenvalue weighted by molar-refractivity contribution is -0.134. The lowest BCUT2D eigenvalue weighted by Crippen LogP contribution is -2.33. The zero-order valence-electron chi connectivity index (χ0n) is 15.9. The number of furan rings is 1. The third kappa shape index (κ3) is 2.70. The Hall–Kier alpha value is -2.77. The van der Waals surface area contributed by atoms with Gasteiger partial charge in [-0.05, 0) is 18.6 Å². The molecule has 8 heteroatoms. The Bertz CT molecular complexity index is 1140. The highest BCUT2D eigenvalue weighted by Gasteiger charge is 2.35. The van der Waals surface area contributed by atoms with Crippen LogP contribution in [0.4, 0.5) is 8.78 Å². The second-order valence-corrected chi connectivity index (χ2v) is 7.38. The van der Waals surface area contributed by atoms with Crippen molar-refractivity contribution >= 4 is 28.0 Å². The van der Waals surface area contributed by atoms with Gasteiger partial charge in [-0.2, -0.15) is 0 Å². The maximum absolute atomic E-state index is 13.3. The predicted octanol–water partition coefficient (Wildman–Crippen LogP) is 4.03. The fraction of sp³-hybridized carbons (Fsp3) is 0.450. The molecule has 3 heterocycles. The van der Waals surface area contributed by atoms with Crippen LogP contribution in [0.3, 0.4) is 0 Å². The van der Waals surface area contributed by atoms with Crippen LogP contribution in [-0.2, 0) is 11.3 Å². The van der Waals surface area contributed by atoms with E-state index in [4.69, 9.17) is 4.42 Å². The second kappa shape index (κ2) is 6.68. The number of hydrogen-bond acceptors (Lipinski definition) is 4. The third-order valence-corrected chi connectivity index (χ3v) is 5.51. The number of carbonyl (C=O) groups excluding carboxylic acids is 1. The number of carbonyl (C=O) groups is 1. The summed E-state index contributed by atoms with van der Waals surface area (Å²) in [5.41, 5.74) is 0.0510. The minimum absolute atomic E-state index is 0.0357. The largest absolute Gasteiger partial charge is 0.448 e. The quantitative estimate of drug-likeness (QED) is 0.678. The average Bonchev–Trinajstić information content (AvgIpc) is 3.00. The van der Waals surface area contributed by atoms with Crippen molar-refractivity contribution in [2.45, 2.75) is 45.7 Å². The zero-order chi connectivity index (χ0) is 20.2. The van der Waals surface area contributed by atoms with Crippen LogP contribution in [0.15, 0.2) is 27.4 Å². The summed E-state index contributed by atoms with van der Waals surface area (Å²) in [6.45, 7) is 4.02. The van der Waals surface area contributed by atoms with E-state index >= 15 is 0 Å². The summed E-state index contributed by atoms with van der Waals surface area (Å²) in [6.07, 6.45) is -1.18. The average molecular weight is 389 g/mol. The van der Waals surface area contributed by atoms with E-state index in [0.717, 1.165) is 6.42 Å². The van der Waals surface area contributed by atoms with Gasteiger partial charge in [0.15, 0.2) is 0 Å². The summed E-state index contributed by atoms with van der Waals surface area (Å²) < 4.78 is 33.3. The van der Waals surface area contributed by atoms with E-state index in [0.29, 0.717) is 23.1 Å². The van der Waals surface area contributed by atoms with Crippen molar-refractivity contribution in [2.24, 2.45) is 5.92 Å². The monoisotopic (exact) mass is 389 g/mol. The lowest BCUT2D eigenvalue weighted by Gasteiger charge is -2.23. The molecule has 148 valence electrons. The SMILES string of the molecule is CCC[C@@H]1[C@H](C)C(=O)N(C)Cc2nc3c(oc4cc(C(F)F)ccc43)c(=O)n21. The van der Waals surface area contributed by atoms with Gasteiger partial charge in [-0.15, -0.1) is 0 Å². The number of nitrogens with zero attached hydrogens (tertiary/aromatic N) is 3. The Morgan fingerprint density at radius 1 is 1.32 bits per heavy atom. The molecule has 2 atom stereocenters. The van der Waals surface area contributed by atoms with Gasteiger partial charge >= 0.3 is 0 Å². The number of aromatic nitrogens is 2. The molecule has 3 aromatic rings. The molecule has 0 unspecified atom stereocenters. The second-order valence-electron chi connectivity index (χ2n) is 7.38. The molecule has 0 fully saturated rings. The Labute approximate surface area is 159 Å². The maximum atomic E-state index is 13.3. The minimum Gasteiger partial charge on any atom is -0.448 e. The molecule has 0 aliphatic carbocycles. The van der Waals surface area contributed by atoms with Crippen molar-refractivity contribution in [3.05, 3.63) is 39.9 Å². The molecule has 28 heavy (non-hydrogen) atoms. The maximum Gasteiger partial charge on any atom is 0.297 e. The van der Waals surface area contributed by atoms with E-state index in [2.05, 4.69) is 4.98 Å². The fourth-order valence-electron chi connectivity index (χ4n) is 4.06. The van der Waals surface area contributed by atoms with Gasteiger partial charge in [0, 0.05) is 24.0 Å². The van der Waals surface area contributed by atoms with Gasteiger partial charge in [-0.25, -0.2) is 13.8 Å². The van der Waals surface area contributed by atoms with Crippen LogP contribution in [0.25, 0.3) is 22.1 Å². The molecule has 0 spiro atoms. The Kier molecular flexibility index (Phi) is 4.44. The van der Waals surface area contributed by atoms with Gasteiger partial charge in [0.05, 0.1) is 12.5 Å². The number of benzene rings is 1. The van der Waals surface area contributed by atoms with Crippen molar-refractivity contribution in [2.75, 3.05) is 7.05 Å². The molecule has 4 rings (SSSR count). The Morgan fingerprint density at radius 3 is 2.75 bits per heavy atom. The predicted molar refractivity (Wildman–Crippen MR) is 100 cm³/mol. The van der Waals surface area contributed by atoms with Gasteiger partial charge in [-0.1, -0.05) is 26.3 Å². The molecule has 1 aromatic carbocycles. The van der Waals surface area contributed by atoms with E-state index in [1.807, 2.05) is 13.8 Å². The Morgan fingerprint density at radius 2 is 2.07 bits per heavy atom. The lowest BCUT2D eigenvalue weighted by atomic mass is 9.96. The molecule has 1 aliphatic heterocycles. The molecule has 1 aliphatic rings. The molecule has 0 saturated carbocycles.